The van der Waals surface area contributed by atoms with Crippen LogP contribution in [0.25, 0.3) is 0 Å². The van der Waals surface area contributed by atoms with Gasteiger partial charge in [0, 0.05) is 12.6 Å². The largest absolute Gasteiger partial charge is 0.465 e. The molecule has 2 rings (SSSR count). The topological polar surface area (TPSA) is 97.6 Å². The number of esters is 1. The maximum absolute atomic E-state index is 12.5. The summed E-state index contributed by atoms with van der Waals surface area (Å²) in [5, 5.41) is 3.21. The fraction of sp³-hybridized carbons (Fsp3) is 0.615. The third-order valence-corrected chi connectivity index (χ3v) is 5.12. The molecule has 0 bridgehead atoms. The summed E-state index contributed by atoms with van der Waals surface area (Å²) in [6.45, 7) is 4.23. The van der Waals surface area contributed by atoms with E-state index in [9.17, 15) is 13.2 Å². The quantitative estimate of drug-likeness (QED) is 0.777. The monoisotopic (exact) mass is 316 g/mol. The van der Waals surface area contributed by atoms with Gasteiger partial charge in [-0.3, -0.25) is 0 Å². The molecule has 2 heterocycles. The number of methoxy groups -OCH3 is 1. The lowest BCUT2D eigenvalue weighted by Crippen LogP contribution is -2.37. The molecule has 0 spiro atoms. The standard InChI is InChI=1S/C13H20N2O5S/c1-8-11(13(16)19-3)12(9(2)20-8)21(17,18)15-7-10-5-4-6-14-10/h10,14-15H,4-7H2,1-3H3. The van der Waals surface area contributed by atoms with Crippen molar-refractivity contribution >= 4 is 16.0 Å². The molecule has 2 N–H and O–H groups in total. The van der Waals surface area contributed by atoms with Crippen LogP contribution < -0.4 is 10.0 Å². The molecule has 1 atom stereocenters. The lowest BCUT2D eigenvalue weighted by Gasteiger charge is -2.12. The minimum absolute atomic E-state index is 0.0399. The normalized spacial score (nSPS) is 18.9. The van der Waals surface area contributed by atoms with Gasteiger partial charge >= 0.3 is 5.97 Å². The van der Waals surface area contributed by atoms with Gasteiger partial charge in [-0.2, -0.15) is 0 Å². The lowest BCUT2D eigenvalue weighted by atomic mass is 10.2. The van der Waals surface area contributed by atoms with E-state index in [1.54, 1.807) is 0 Å². The predicted molar refractivity (Wildman–Crippen MR) is 75.7 cm³/mol. The number of aryl methyl sites for hydroxylation is 2. The van der Waals surface area contributed by atoms with E-state index in [1.807, 2.05) is 0 Å². The van der Waals surface area contributed by atoms with E-state index in [0.717, 1.165) is 19.4 Å². The van der Waals surface area contributed by atoms with Crippen LogP contribution in [0.3, 0.4) is 0 Å². The summed E-state index contributed by atoms with van der Waals surface area (Å²) in [6, 6.07) is 0.120. The summed E-state index contributed by atoms with van der Waals surface area (Å²) < 4.78 is 37.4. The summed E-state index contributed by atoms with van der Waals surface area (Å²) in [5.74, 6) is -0.304. The van der Waals surface area contributed by atoms with Crippen LogP contribution in [-0.4, -0.2) is 40.6 Å². The number of furan rings is 1. The van der Waals surface area contributed by atoms with Crippen molar-refractivity contribution in [2.75, 3.05) is 20.2 Å². The third kappa shape index (κ3) is 3.28. The number of carbonyl (C=O) groups is 1. The van der Waals surface area contributed by atoms with Crippen molar-refractivity contribution in [2.24, 2.45) is 0 Å². The van der Waals surface area contributed by atoms with Crippen LogP contribution in [-0.2, 0) is 14.8 Å². The van der Waals surface area contributed by atoms with Crippen molar-refractivity contribution in [2.45, 2.75) is 37.6 Å². The van der Waals surface area contributed by atoms with Gasteiger partial charge in [-0.25, -0.2) is 17.9 Å². The van der Waals surface area contributed by atoms with Gasteiger partial charge in [0.2, 0.25) is 10.0 Å². The maximum Gasteiger partial charge on any atom is 0.342 e. The summed E-state index contributed by atoms with van der Waals surface area (Å²) in [5.41, 5.74) is -0.0399. The zero-order valence-corrected chi connectivity index (χ0v) is 13.2. The molecule has 1 aliphatic rings. The van der Waals surface area contributed by atoms with E-state index in [2.05, 4.69) is 14.8 Å². The van der Waals surface area contributed by atoms with Gasteiger partial charge in [-0.05, 0) is 33.2 Å². The first-order valence-electron chi connectivity index (χ1n) is 6.78. The van der Waals surface area contributed by atoms with Gasteiger partial charge in [-0.15, -0.1) is 0 Å². The van der Waals surface area contributed by atoms with Crippen molar-refractivity contribution in [1.29, 1.82) is 0 Å². The minimum Gasteiger partial charge on any atom is -0.465 e. The molecule has 1 aliphatic heterocycles. The molecule has 1 fully saturated rings. The first kappa shape index (κ1) is 16.0. The average Bonchev–Trinajstić information content (AvgIpc) is 3.03. The Hall–Kier alpha value is -1.38. The second-order valence-corrected chi connectivity index (χ2v) is 6.76. The Balaban J connectivity index is 2.28. The SMILES string of the molecule is COC(=O)c1c(C)oc(C)c1S(=O)(=O)NCC1CCCN1. The molecule has 1 saturated heterocycles. The van der Waals surface area contributed by atoms with Gasteiger partial charge in [-0.1, -0.05) is 0 Å². The number of hydrogen-bond acceptors (Lipinski definition) is 6. The van der Waals surface area contributed by atoms with Gasteiger partial charge in [0.15, 0.2) is 0 Å². The Bertz CT molecular complexity index is 629. The van der Waals surface area contributed by atoms with Crippen LogP contribution in [0.5, 0.6) is 0 Å². The van der Waals surface area contributed by atoms with E-state index in [-0.39, 0.29) is 34.6 Å². The molecule has 0 amide bonds. The van der Waals surface area contributed by atoms with Crippen LogP contribution in [0, 0.1) is 13.8 Å². The Labute approximate surface area is 124 Å². The third-order valence-electron chi connectivity index (χ3n) is 3.55. The molecule has 7 nitrogen and oxygen atoms in total. The van der Waals surface area contributed by atoms with Crippen molar-refractivity contribution in [3.63, 3.8) is 0 Å². The number of carbonyl (C=O) groups excluding carboxylic acids is 1. The average molecular weight is 316 g/mol. The van der Waals surface area contributed by atoms with E-state index < -0.39 is 16.0 Å². The predicted octanol–water partition coefficient (Wildman–Crippen LogP) is 0.713. The van der Waals surface area contributed by atoms with Gasteiger partial charge in [0.1, 0.15) is 22.0 Å². The van der Waals surface area contributed by atoms with Gasteiger partial charge in [0.25, 0.3) is 0 Å². The number of rotatable bonds is 5. The molecule has 0 radical (unpaired) electrons. The van der Waals surface area contributed by atoms with Crippen LogP contribution >= 0.6 is 0 Å². The summed E-state index contributed by atoms with van der Waals surface area (Å²) in [6.07, 6.45) is 1.96. The van der Waals surface area contributed by atoms with Crippen LogP contribution in [0.1, 0.15) is 34.7 Å². The molecule has 8 heteroatoms. The van der Waals surface area contributed by atoms with Crippen molar-refractivity contribution in [1.82, 2.24) is 10.0 Å². The molecule has 1 aromatic rings. The molecule has 1 aromatic heterocycles. The van der Waals surface area contributed by atoms with Crippen molar-refractivity contribution < 1.29 is 22.4 Å². The highest BCUT2D eigenvalue weighted by molar-refractivity contribution is 7.89. The zero-order chi connectivity index (χ0) is 15.6. The van der Waals surface area contributed by atoms with E-state index in [0.29, 0.717) is 0 Å². The Kier molecular flexibility index (Phi) is 4.70. The summed E-state index contributed by atoms with van der Waals surface area (Å²) >= 11 is 0. The van der Waals surface area contributed by atoms with E-state index in [1.165, 1.54) is 21.0 Å². The Morgan fingerprint density at radius 2 is 2.14 bits per heavy atom. The second-order valence-electron chi connectivity index (χ2n) is 5.06. The number of sulfonamides is 1. The number of ether oxygens (including phenoxy) is 1. The first-order chi connectivity index (χ1) is 9.86. The maximum atomic E-state index is 12.5. The van der Waals surface area contributed by atoms with E-state index in [4.69, 9.17) is 4.42 Å². The van der Waals surface area contributed by atoms with Gasteiger partial charge < -0.3 is 14.5 Å². The highest BCUT2D eigenvalue weighted by Gasteiger charge is 2.32. The first-order valence-corrected chi connectivity index (χ1v) is 8.26. The van der Waals surface area contributed by atoms with Crippen molar-refractivity contribution in [3.8, 4) is 0 Å². The molecular formula is C13H20N2O5S. The van der Waals surface area contributed by atoms with Crippen molar-refractivity contribution in [3.05, 3.63) is 17.1 Å². The van der Waals surface area contributed by atoms with Crippen LogP contribution in [0.2, 0.25) is 0 Å². The highest BCUT2D eigenvalue weighted by atomic mass is 32.2. The van der Waals surface area contributed by atoms with Crippen LogP contribution in [0.4, 0.5) is 0 Å². The fourth-order valence-electron chi connectivity index (χ4n) is 2.54. The number of hydrogen-bond donors (Lipinski definition) is 2. The van der Waals surface area contributed by atoms with Gasteiger partial charge in [0.05, 0.1) is 7.11 Å². The fourth-order valence-corrected chi connectivity index (χ4v) is 4.02. The molecule has 0 aliphatic carbocycles. The summed E-state index contributed by atoms with van der Waals surface area (Å²) in [4.78, 5) is 11.7. The summed E-state index contributed by atoms with van der Waals surface area (Å²) in [7, 11) is -2.62. The minimum atomic E-state index is -3.83. The van der Waals surface area contributed by atoms with E-state index >= 15 is 0 Å². The molecule has 118 valence electrons. The highest BCUT2D eigenvalue weighted by Crippen LogP contribution is 2.27. The molecule has 0 aromatic carbocycles. The van der Waals surface area contributed by atoms with Crippen LogP contribution in [0.15, 0.2) is 9.31 Å². The lowest BCUT2D eigenvalue weighted by molar-refractivity contribution is 0.0595. The zero-order valence-electron chi connectivity index (χ0n) is 12.4. The molecule has 21 heavy (non-hydrogen) atoms. The Morgan fingerprint density at radius 1 is 1.43 bits per heavy atom. The molecule has 0 saturated carbocycles. The number of nitrogens with one attached hydrogen (secondary N) is 2. The molecular weight excluding hydrogens is 296 g/mol. The Morgan fingerprint density at radius 3 is 2.71 bits per heavy atom. The second kappa shape index (κ2) is 6.17. The smallest absolute Gasteiger partial charge is 0.342 e. The molecule has 1 unspecified atom stereocenters.